The van der Waals surface area contributed by atoms with Crippen LogP contribution in [0.5, 0.6) is 0 Å². The summed E-state index contributed by atoms with van der Waals surface area (Å²) in [5.74, 6) is 1.88. The number of amides is 1. The Balaban J connectivity index is 1.79. The van der Waals surface area contributed by atoms with Crippen molar-refractivity contribution in [2.24, 2.45) is 11.8 Å². The lowest BCUT2D eigenvalue weighted by Gasteiger charge is -2.39. The van der Waals surface area contributed by atoms with Crippen molar-refractivity contribution in [1.82, 2.24) is 10.2 Å². The molecule has 0 radical (unpaired) electrons. The highest BCUT2D eigenvalue weighted by molar-refractivity contribution is 5.73. The molecule has 3 heteroatoms. The van der Waals surface area contributed by atoms with Crippen LogP contribution in [0.4, 0.5) is 0 Å². The predicted molar refractivity (Wildman–Crippen MR) is 74.4 cm³/mol. The summed E-state index contributed by atoms with van der Waals surface area (Å²) in [6.07, 6.45) is 6.34. The molecule has 0 aromatic carbocycles. The van der Waals surface area contributed by atoms with Crippen molar-refractivity contribution in [1.29, 1.82) is 0 Å². The summed E-state index contributed by atoms with van der Waals surface area (Å²) in [4.78, 5) is 13.3. The Morgan fingerprint density at radius 2 is 1.78 bits per heavy atom. The van der Waals surface area contributed by atoms with Crippen LogP contribution in [0.2, 0.25) is 0 Å². The number of hydrogen-bond acceptors (Lipinski definition) is 2. The first-order valence-electron chi connectivity index (χ1n) is 7.59. The van der Waals surface area contributed by atoms with E-state index in [0.29, 0.717) is 12.1 Å². The zero-order valence-corrected chi connectivity index (χ0v) is 12.1. The molecular weight excluding hydrogens is 224 g/mol. The molecule has 3 atom stereocenters. The average molecular weight is 252 g/mol. The second kappa shape index (κ2) is 6.05. The zero-order valence-electron chi connectivity index (χ0n) is 12.1. The molecule has 1 aliphatic heterocycles. The van der Waals surface area contributed by atoms with Gasteiger partial charge in [-0.2, -0.15) is 0 Å². The van der Waals surface area contributed by atoms with E-state index in [2.05, 4.69) is 19.2 Å². The van der Waals surface area contributed by atoms with Gasteiger partial charge < -0.3 is 10.2 Å². The van der Waals surface area contributed by atoms with E-state index in [1.807, 2.05) is 4.90 Å². The van der Waals surface area contributed by atoms with Gasteiger partial charge >= 0.3 is 0 Å². The van der Waals surface area contributed by atoms with Crippen LogP contribution in [0.15, 0.2) is 0 Å². The molecule has 0 aromatic heterocycles. The van der Waals surface area contributed by atoms with Crippen LogP contribution in [-0.4, -0.2) is 36.0 Å². The van der Waals surface area contributed by atoms with Gasteiger partial charge in [-0.3, -0.25) is 4.79 Å². The SMILES string of the molecule is CC(=O)N1CCC(N[C@H]2CCC[C@H](C)[C@@H]2C)CC1. The average Bonchev–Trinajstić information content (AvgIpc) is 2.36. The third-order valence-corrected chi connectivity index (χ3v) is 5.10. The summed E-state index contributed by atoms with van der Waals surface area (Å²) in [6, 6.07) is 1.32. The van der Waals surface area contributed by atoms with E-state index in [1.165, 1.54) is 19.3 Å². The number of likely N-dealkylation sites (tertiary alicyclic amines) is 1. The summed E-state index contributed by atoms with van der Waals surface area (Å²) in [7, 11) is 0. The van der Waals surface area contributed by atoms with E-state index in [-0.39, 0.29) is 5.91 Å². The van der Waals surface area contributed by atoms with E-state index in [4.69, 9.17) is 0 Å². The Labute approximate surface area is 111 Å². The predicted octanol–water partition coefficient (Wildman–Crippen LogP) is 2.41. The van der Waals surface area contributed by atoms with Crippen LogP contribution in [0, 0.1) is 11.8 Å². The van der Waals surface area contributed by atoms with Gasteiger partial charge in [-0.15, -0.1) is 0 Å². The van der Waals surface area contributed by atoms with Crippen molar-refractivity contribution in [3.05, 3.63) is 0 Å². The Morgan fingerprint density at radius 1 is 1.11 bits per heavy atom. The molecule has 1 saturated heterocycles. The molecule has 104 valence electrons. The topological polar surface area (TPSA) is 32.3 Å². The smallest absolute Gasteiger partial charge is 0.219 e. The summed E-state index contributed by atoms with van der Waals surface area (Å²) in [6.45, 7) is 8.33. The number of carbonyl (C=O) groups is 1. The molecule has 2 rings (SSSR count). The fraction of sp³-hybridized carbons (Fsp3) is 0.933. The van der Waals surface area contributed by atoms with Crippen molar-refractivity contribution < 1.29 is 4.79 Å². The molecular formula is C15H28N2O. The Hall–Kier alpha value is -0.570. The largest absolute Gasteiger partial charge is 0.343 e. The van der Waals surface area contributed by atoms with Crippen LogP contribution < -0.4 is 5.32 Å². The second-order valence-corrected chi connectivity index (χ2v) is 6.32. The quantitative estimate of drug-likeness (QED) is 0.818. The van der Waals surface area contributed by atoms with Crippen LogP contribution >= 0.6 is 0 Å². The van der Waals surface area contributed by atoms with Gasteiger partial charge in [0.1, 0.15) is 0 Å². The van der Waals surface area contributed by atoms with E-state index in [0.717, 1.165) is 37.8 Å². The number of carbonyl (C=O) groups excluding carboxylic acids is 1. The molecule has 3 nitrogen and oxygen atoms in total. The van der Waals surface area contributed by atoms with Gasteiger partial charge in [-0.25, -0.2) is 0 Å². The van der Waals surface area contributed by atoms with Crippen molar-refractivity contribution in [3.8, 4) is 0 Å². The van der Waals surface area contributed by atoms with Crippen molar-refractivity contribution >= 4 is 5.91 Å². The molecule has 0 bridgehead atoms. The van der Waals surface area contributed by atoms with E-state index in [1.54, 1.807) is 6.92 Å². The van der Waals surface area contributed by atoms with Crippen molar-refractivity contribution in [2.45, 2.75) is 65.0 Å². The van der Waals surface area contributed by atoms with E-state index < -0.39 is 0 Å². The minimum absolute atomic E-state index is 0.230. The summed E-state index contributed by atoms with van der Waals surface area (Å²) >= 11 is 0. The van der Waals surface area contributed by atoms with Gasteiger partial charge in [0.25, 0.3) is 0 Å². The fourth-order valence-corrected chi connectivity index (χ4v) is 3.48. The molecule has 0 spiro atoms. The highest BCUT2D eigenvalue weighted by atomic mass is 16.2. The maximum absolute atomic E-state index is 11.3. The minimum Gasteiger partial charge on any atom is -0.343 e. The van der Waals surface area contributed by atoms with Gasteiger partial charge in [0, 0.05) is 32.1 Å². The van der Waals surface area contributed by atoms with Crippen LogP contribution in [0.25, 0.3) is 0 Å². The third kappa shape index (κ3) is 3.25. The molecule has 1 aliphatic carbocycles. The molecule has 1 amide bonds. The van der Waals surface area contributed by atoms with Crippen LogP contribution in [-0.2, 0) is 4.79 Å². The lowest BCUT2D eigenvalue weighted by molar-refractivity contribution is -0.129. The lowest BCUT2D eigenvalue weighted by Crippen LogP contribution is -2.50. The first-order valence-corrected chi connectivity index (χ1v) is 7.59. The minimum atomic E-state index is 0.230. The van der Waals surface area contributed by atoms with Gasteiger partial charge in [0.05, 0.1) is 0 Å². The number of nitrogens with zero attached hydrogens (tertiary/aromatic N) is 1. The van der Waals surface area contributed by atoms with Crippen molar-refractivity contribution in [3.63, 3.8) is 0 Å². The van der Waals surface area contributed by atoms with Gasteiger partial charge in [0.15, 0.2) is 0 Å². The Bertz CT molecular complexity index is 284. The molecule has 1 N–H and O–H groups in total. The normalized spacial score (nSPS) is 34.6. The molecule has 0 aromatic rings. The molecule has 2 aliphatic rings. The molecule has 1 heterocycles. The van der Waals surface area contributed by atoms with Gasteiger partial charge in [0.2, 0.25) is 5.91 Å². The maximum Gasteiger partial charge on any atom is 0.219 e. The van der Waals surface area contributed by atoms with E-state index in [9.17, 15) is 4.79 Å². The molecule has 0 unspecified atom stereocenters. The number of hydrogen-bond donors (Lipinski definition) is 1. The summed E-state index contributed by atoms with van der Waals surface area (Å²) < 4.78 is 0. The standard InChI is InChI=1S/C15H28N2O/c1-11-5-4-6-15(12(11)2)16-14-7-9-17(10-8-14)13(3)18/h11-12,14-16H,4-10H2,1-3H3/t11-,12-,15-/m0/s1. The van der Waals surface area contributed by atoms with Crippen LogP contribution in [0.1, 0.15) is 52.9 Å². The highest BCUT2D eigenvalue weighted by Gasteiger charge is 2.30. The fourth-order valence-electron chi connectivity index (χ4n) is 3.48. The summed E-state index contributed by atoms with van der Waals surface area (Å²) in [5, 5.41) is 3.86. The highest BCUT2D eigenvalue weighted by Crippen LogP contribution is 2.30. The van der Waals surface area contributed by atoms with Crippen LogP contribution in [0.3, 0.4) is 0 Å². The van der Waals surface area contributed by atoms with E-state index >= 15 is 0 Å². The number of nitrogens with one attached hydrogen (secondary N) is 1. The van der Waals surface area contributed by atoms with Gasteiger partial charge in [-0.1, -0.05) is 26.7 Å². The zero-order chi connectivity index (χ0) is 13.1. The first-order chi connectivity index (χ1) is 8.58. The Morgan fingerprint density at radius 3 is 2.39 bits per heavy atom. The Kier molecular flexibility index (Phi) is 4.66. The molecule has 18 heavy (non-hydrogen) atoms. The van der Waals surface area contributed by atoms with Crippen molar-refractivity contribution in [2.75, 3.05) is 13.1 Å². The maximum atomic E-state index is 11.3. The monoisotopic (exact) mass is 252 g/mol. The number of piperidine rings is 1. The van der Waals surface area contributed by atoms with Gasteiger partial charge in [-0.05, 0) is 31.1 Å². The first kappa shape index (κ1) is 13.9. The number of rotatable bonds is 2. The lowest BCUT2D eigenvalue weighted by atomic mass is 9.77. The summed E-state index contributed by atoms with van der Waals surface area (Å²) in [5.41, 5.74) is 0. The second-order valence-electron chi connectivity index (χ2n) is 6.32. The molecule has 1 saturated carbocycles. The molecule has 2 fully saturated rings. The third-order valence-electron chi connectivity index (χ3n) is 5.10.